The summed E-state index contributed by atoms with van der Waals surface area (Å²) in [7, 11) is 0. The topological polar surface area (TPSA) is 132 Å². The Balaban J connectivity index is 2.89. The molecule has 0 aliphatic heterocycles. The van der Waals surface area contributed by atoms with Crippen molar-refractivity contribution in [2.24, 2.45) is 0 Å². The van der Waals surface area contributed by atoms with Crippen molar-refractivity contribution in [2.45, 2.75) is 0 Å². The van der Waals surface area contributed by atoms with Crippen molar-refractivity contribution < 1.29 is 5.03 Å². The maximum Gasteiger partial charge on any atom is 0.367 e. The highest BCUT2D eigenvalue weighted by molar-refractivity contribution is 5.65. The van der Waals surface area contributed by atoms with E-state index >= 15 is 0 Å². The second-order valence-electron chi connectivity index (χ2n) is 2.02. The van der Waals surface area contributed by atoms with Crippen molar-refractivity contribution in [3.05, 3.63) is 20.5 Å². The van der Waals surface area contributed by atoms with Crippen LogP contribution in [-0.4, -0.2) is 35.5 Å². The number of aromatic nitrogens is 6. The van der Waals surface area contributed by atoms with E-state index in [1.807, 2.05) is 0 Å². The zero-order valence-corrected chi connectivity index (χ0v) is 5.91. The molecule has 10 nitrogen and oxygen atoms in total. The Morgan fingerprint density at radius 2 is 2.23 bits per heavy atom. The smallest absolute Gasteiger partial charge is 0.339 e. The van der Waals surface area contributed by atoms with Crippen molar-refractivity contribution in [3.8, 4) is 0 Å². The molecule has 0 aliphatic rings. The molecule has 2 rings (SSSR count). The van der Waals surface area contributed by atoms with Gasteiger partial charge in [-0.15, -0.1) is 10.2 Å². The summed E-state index contributed by atoms with van der Waals surface area (Å²) in [5, 5.41) is 24.4. The van der Waals surface area contributed by atoms with Crippen LogP contribution in [-0.2, 0) is 0 Å². The van der Waals surface area contributed by atoms with Crippen LogP contribution >= 0.6 is 0 Å². The molecule has 2 heterocycles. The van der Waals surface area contributed by atoms with Gasteiger partial charge in [0.15, 0.2) is 5.21 Å². The highest BCUT2D eigenvalue weighted by Gasteiger charge is 2.16. The molecular weight excluding hydrogens is 182 g/mol. The number of rotatable bonds is 1. The fourth-order valence-corrected chi connectivity index (χ4v) is 0.765. The van der Waals surface area contributed by atoms with Crippen LogP contribution in [0.25, 0.3) is 11.2 Å². The molecule has 0 amide bonds. The van der Waals surface area contributed by atoms with E-state index < -0.39 is 10.6 Å². The van der Waals surface area contributed by atoms with Gasteiger partial charge in [-0.2, -0.15) is 5.21 Å². The molecule has 0 saturated carbocycles. The van der Waals surface area contributed by atoms with E-state index in [9.17, 15) is 14.9 Å². The predicted molar refractivity (Wildman–Crippen MR) is 36.1 cm³/mol. The second-order valence-corrected chi connectivity index (χ2v) is 2.02. The van der Waals surface area contributed by atoms with Gasteiger partial charge in [-0.05, 0) is 0 Å². The summed E-state index contributed by atoms with van der Waals surface area (Å²) in [4.78, 5) is 21.3. The van der Waals surface area contributed by atoms with Crippen LogP contribution < -0.4 is 5.56 Å². The van der Waals surface area contributed by atoms with E-state index in [-0.39, 0.29) is 16.0 Å². The van der Waals surface area contributed by atoms with E-state index in [2.05, 4.69) is 25.7 Å². The van der Waals surface area contributed by atoms with Gasteiger partial charge in [-0.1, -0.05) is 0 Å². The molecular formula is C3HN7O3. The lowest BCUT2D eigenvalue weighted by atomic mass is 10.6. The van der Waals surface area contributed by atoms with Gasteiger partial charge < -0.3 is 10.1 Å². The lowest BCUT2D eigenvalue weighted by molar-refractivity contribution is -0.557. The third-order valence-corrected chi connectivity index (χ3v) is 1.29. The minimum atomic E-state index is -0.997. The molecule has 2 aromatic heterocycles. The first-order valence-electron chi connectivity index (χ1n) is 3.01. The summed E-state index contributed by atoms with van der Waals surface area (Å²) in [6, 6.07) is 0. The summed E-state index contributed by atoms with van der Waals surface area (Å²) < 4.78 is 0. The van der Waals surface area contributed by atoms with Crippen LogP contribution in [0.5, 0.6) is 0 Å². The van der Waals surface area contributed by atoms with Crippen LogP contribution in [0.2, 0.25) is 0 Å². The molecule has 0 atom stereocenters. The Labute approximate surface area is 68.3 Å². The molecule has 0 spiro atoms. The van der Waals surface area contributed by atoms with Crippen LogP contribution in [0.4, 0.5) is 0 Å². The number of aromatic amines is 1. The van der Waals surface area contributed by atoms with Gasteiger partial charge in [-0.3, -0.25) is 4.79 Å². The van der Waals surface area contributed by atoms with Gasteiger partial charge in [0.25, 0.3) is 5.65 Å². The summed E-state index contributed by atoms with van der Waals surface area (Å²) in [5.41, 5.74) is -1.24. The van der Waals surface area contributed by atoms with Crippen molar-refractivity contribution in [1.82, 2.24) is 30.5 Å². The van der Waals surface area contributed by atoms with Crippen molar-refractivity contribution >= 4 is 11.2 Å². The maximum atomic E-state index is 11.1. The first-order valence-corrected chi connectivity index (χ1v) is 3.01. The molecule has 0 fully saturated rings. The summed E-state index contributed by atoms with van der Waals surface area (Å²) in [6.07, 6.45) is 0. The number of nitrogens with zero attached hydrogens (tertiary/aromatic N) is 6. The van der Waals surface area contributed by atoms with Gasteiger partial charge in [0.05, 0.1) is 9.82 Å². The highest BCUT2D eigenvalue weighted by Crippen LogP contribution is 1.92. The number of nitrogens with one attached hydrogen (secondary N) is 1. The molecule has 2 aromatic rings. The third-order valence-electron chi connectivity index (χ3n) is 1.29. The summed E-state index contributed by atoms with van der Waals surface area (Å²) in [6.45, 7) is 0. The molecule has 0 saturated heterocycles. The Morgan fingerprint density at radius 3 is 2.92 bits per heavy atom. The Bertz CT molecular complexity index is 525. The van der Waals surface area contributed by atoms with Crippen LogP contribution in [0.3, 0.4) is 0 Å². The number of hydrogen-bond acceptors (Lipinski definition) is 7. The quantitative estimate of drug-likeness (QED) is 0.397. The molecule has 13 heavy (non-hydrogen) atoms. The molecule has 0 bridgehead atoms. The number of nitro groups is 1. The van der Waals surface area contributed by atoms with Gasteiger partial charge >= 0.3 is 5.56 Å². The summed E-state index contributed by atoms with van der Waals surface area (Å²) >= 11 is 0. The maximum absolute atomic E-state index is 11.1. The van der Waals surface area contributed by atoms with Gasteiger partial charge in [0.1, 0.15) is 0 Å². The van der Waals surface area contributed by atoms with Crippen molar-refractivity contribution in [1.29, 1.82) is 0 Å². The lowest BCUT2D eigenvalue weighted by Crippen LogP contribution is -2.29. The molecule has 0 aliphatic carbocycles. The van der Waals surface area contributed by atoms with Gasteiger partial charge in [-0.25, -0.2) is 0 Å². The van der Waals surface area contributed by atoms with E-state index in [1.54, 1.807) is 0 Å². The second kappa shape index (κ2) is 2.30. The van der Waals surface area contributed by atoms with Crippen LogP contribution in [0.1, 0.15) is 0 Å². The lowest BCUT2D eigenvalue weighted by Gasteiger charge is -1.89. The van der Waals surface area contributed by atoms with E-state index in [0.29, 0.717) is 0 Å². The average molecular weight is 183 g/mol. The molecule has 66 valence electrons. The minimum Gasteiger partial charge on any atom is -0.339 e. The Kier molecular flexibility index (Phi) is 1.28. The van der Waals surface area contributed by atoms with E-state index in [0.717, 1.165) is 0 Å². The predicted octanol–water partition coefficient (Wildman–Crippen LogP) is -2.05. The zero-order chi connectivity index (χ0) is 9.42. The highest BCUT2D eigenvalue weighted by atomic mass is 16.7. The van der Waals surface area contributed by atoms with E-state index in [1.165, 1.54) is 0 Å². The molecule has 0 unspecified atom stereocenters. The fourth-order valence-electron chi connectivity index (χ4n) is 0.765. The van der Waals surface area contributed by atoms with Crippen molar-refractivity contribution in [3.63, 3.8) is 0 Å². The third kappa shape index (κ3) is 0.919. The molecule has 0 aromatic carbocycles. The molecule has 0 radical (unpaired) electrons. The minimum absolute atomic E-state index is 0.00907. The number of fused-ring (bicyclic) bond motifs is 1. The normalized spacial score (nSPS) is 10.5. The van der Waals surface area contributed by atoms with Gasteiger partial charge in [0, 0.05) is 5.10 Å². The number of H-pyrrole nitrogens is 1. The van der Waals surface area contributed by atoms with Crippen molar-refractivity contribution in [2.75, 3.05) is 0 Å². The average Bonchev–Trinajstić information content (AvgIpc) is 2.52. The van der Waals surface area contributed by atoms with Gasteiger partial charge in [0.2, 0.25) is 5.52 Å². The largest absolute Gasteiger partial charge is 0.367 e. The SMILES string of the molecule is O=c1c2n[nH]nc2nnn1[N+](=O)[O-]. The van der Waals surface area contributed by atoms with Crippen LogP contribution in [0, 0.1) is 10.1 Å². The first kappa shape index (κ1) is 7.27. The Morgan fingerprint density at radius 1 is 1.46 bits per heavy atom. The fraction of sp³-hybridized carbons (Fsp3) is 0. The molecule has 1 N–H and O–H groups in total. The first-order chi connectivity index (χ1) is 6.20. The van der Waals surface area contributed by atoms with E-state index in [4.69, 9.17) is 0 Å². The zero-order valence-electron chi connectivity index (χ0n) is 5.91. The molecule has 10 heteroatoms. The monoisotopic (exact) mass is 183 g/mol. The standard InChI is InChI=1S/C3HN7O3/c11-3-1-2(5-7-4-1)6-8-9(3)10(12)13/h(H,4,5,7). The van der Waals surface area contributed by atoms with Crippen LogP contribution in [0.15, 0.2) is 4.79 Å². The number of hydrogen-bond donors (Lipinski definition) is 1. The Hall–Kier alpha value is -2.39. The summed E-state index contributed by atoms with van der Waals surface area (Å²) in [5.74, 6) is 0.